The molecule has 1 aromatic heterocycles. The molecule has 0 saturated heterocycles. The fourth-order valence-electron chi connectivity index (χ4n) is 14.1. The van der Waals surface area contributed by atoms with Crippen LogP contribution in [0.4, 0.5) is 17.1 Å². The molecule has 1 spiro atoms. The molecule has 2 nitrogen and oxygen atoms in total. The molecule has 0 bridgehead atoms. The van der Waals surface area contributed by atoms with Crippen LogP contribution in [0.3, 0.4) is 0 Å². The summed E-state index contributed by atoms with van der Waals surface area (Å²) in [7, 11) is 0. The molecular formula is C72H46N2. The van der Waals surface area contributed by atoms with Gasteiger partial charge < -0.3 is 9.47 Å². The second-order valence-corrected chi connectivity index (χ2v) is 20.2. The minimum Gasteiger partial charge on any atom is -0.309 e. The van der Waals surface area contributed by atoms with E-state index in [9.17, 15) is 0 Å². The predicted molar refractivity (Wildman–Crippen MR) is 307 cm³/mol. The van der Waals surface area contributed by atoms with Crippen molar-refractivity contribution in [3.8, 4) is 39.1 Å². The van der Waals surface area contributed by atoms with Gasteiger partial charge in [-0.05, 0) is 114 Å². The molecule has 0 amide bonds. The highest BCUT2D eigenvalue weighted by Crippen LogP contribution is 2.63. The van der Waals surface area contributed by atoms with Gasteiger partial charge in [0.2, 0.25) is 0 Å². The van der Waals surface area contributed by atoms with Crippen LogP contribution < -0.4 is 4.90 Å². The highest BCUT2D eigenvalue weighted by molar-refractivity contribution is 6.13. The van der Waals surface area contributed by atoms with Crippen molar-refractivity contribution < 1.29 is 0 Å². The van der Waals surface area contributed by atoms with Crippen LogP contribution in [0.25, 0.3) is 71.6 Å². The molecule has 12 aromatic carbocycles. The molecule has 74 heavy (non-hydrogen) atoms. The third kappa shape index (κ3) is 5.28. The Kier molecular flexibility index (Phi) is 8.62. The lowest BCUT2D eigenvalue weighted by molar-refractivity contribution is 0.748. The van der Waals surface area contributed by atoms with Crippen LogP contribution >= 0.6 is 0 Å². The van der Waals surface area contributed by atoms with Crippen LogP contribution in [0, 0.1) is 0 Å². The van der Waals surface area contributed by atoms with Gasteiger partial charge in [0.25, 0.3) is 0 Å². The lowest BCUT2D eigenvalue weighted by atomic mass is 9.65. The fraction of sp³-hybridized carbons (Fsp3) is 0.0278. The topological polar surface area (TPSA) is 8.17 Å². The van der Waals surface area contributed by atoms with E-state index in [-0.39, 0.29) is 0 Å². The maximum atomic E-state index is 2.52. The van der Waals surface area contributed by atoms with E-state index in [0.717, 1.165) is 17.1 Å². The summed E-state index contributed by atoms with van der Waals surface area (Å²) in [5.41, 5.74) is 24.0. The van der Waals surface area contributed by atoms with E-state index in [4.69, 9.17) is 0 Å². The number of fused-ring (bicyclic) bond motifs is 16. The van der Waals surface area contributed by atoms with E-state index in [1.165, 1.54) is 116 Å². The van der Waals surface area contributed by atoms with E-state index in [2.05, 4.69) is 289 Å². The molecule has 1 aliphatic heterocycles. The van der Waals surface area contributed by atoms with Gasteiger partial charge in [0.15, 0.2) is 0 Å². The number of para-hydroxylation sites is 3. The van der Waals surface area contributed by atoms with Gasteiger partial charge in [-0.25, -0.2) is 0 Å². The Morgan fingerprint density at radius 2 is 0.797 bits per heavy atom. The molecule has 2 heterocycles. The number of benzene rings is 12. The van der Waals surface area contributed by atoms with Gasteiger partial charge in [0, 0.05) is 27.4 Å². The van der Waals surface area contributed by atoms with E-state index in [0.29, 0.717) is 0 Å². The average Bonchev–Trinajstić information content (AvgIpc) is 4.25. The molecule has 2 heteroatoms. The van der Waals surface area contributed by atoms with Crippen molar-refractivity contribution in [3.63, 3.8) is 0 Å². The van der Waals surface area contributed by atoms with E-state index >= 15 is 0 Å². The Labute approximate surface area is 430 Å². The molecule has 2 aliphatic carbocycles. The highest BCUT2D eigenvalue weighted by Gasteiger charge is 2.52. The van der Waals surface area contributed by atoms with Gasteiger partial charge in [-0.1, -0.05) is 243 Å². The number of aromatic nitrogens is 1. The molecule has 0 fully saturated rings. The summed E-state index contributed by atoms with van der Waals surface area (Å²) in [5.74, 6) is 0. The van der Waals surface area contributed by atoms with E-state index in [1.54, 1.807) is 0 Å². The average molecular weight is 939 g/mol. The molecule has 0 radical (unpaired) electrons. The quantitative estimate of drug-likeness (QED) is 0.161. The molecule has 1 unspecified atom stereocenters. The molecule has 13 aromatic rings. The molecule has 344 valence electrons. The van der Waals surface area contributed by atoms with Gasteiger partial charge in [-0.15, -0.1) is 0 Å². The standard InChI is InChI=1S/C72H46N2/c1-3-23-49(24-4-1)71(50-25-5-2-6-26-50)58-33-12-10-30-57(58)69-62(71)37-20-42-67(69)73(64-41-17-22-47-21-7-8-27-52(47)64)51-45-43-48(44-46-51)53-31-18-36-61-68(53)56-29-9-13-34-59(56)72(61)60-35-14-16-40-66(60)74-65-39-15-11-28-54(65)55-32-19-38-63(72)70(55)74/h1-46H. The fourth-order valence-corrected chi connectivity index (χ4v) is 14.1. The summed E-state index contributed by atoms with van der Waals surface area (Å²) in [4.78, 5) is 2.52. The Balaban J connectivity index is 0.920. The second kappa shape index (κ2) is 15.5. The zero-order valence-corrected chi connectivity index (χ0v) is 40.5. The lowest BCUT2D eigenvalue weighted by Crippen LogP contribution is -2.33. The minimum absolute atomic E-state index is 0.522. The molecule has 3 aliphatic rings. The van der Waals surface area contributed by atoms with Gasteiger partial charge >= 0.3 is 0 Å². The summed E-state index contributed by atoms with van der Waals surface area (Å²) in [6.07, 6.45) is 0. The first-order chi connectivity index (χ1) is 36.8. The highest BCUT2D eigenvalue weighted by atomic mass is 15.1. The SMILES string of the molecule is c1ccc(C2(c3ccccc3)c3ccccc3-c3c(N(c4ccc(-c5cccc6c5-c5ccccc5C65c6ccccc6-n6c7ccccc7c7cccc5c76)cc4)c4cccc5ccccc45)cccc32)cc1. The zero-order chi connectivity index (χ0) is 48.5. The molecule has 0 N–H and O–H groups in total. The molecule has 16 rings (SSSR count). The number of hydrogen-bond acceptors (Lipinski definition) is 1. The number of anilines is 3. The van der Waals surface area contributed by atoms with Crippen LogP contribution in [0.2, 0.25) is 0 Å². The second-order valence-electron chi connectivity index (χ2n) is 20.2. The Hall–Kier alpha value is -9.50. The largest absolute Gasteiger partial charge is 0.309 e. The van der Waals surface area contributed by atoms with Crippen molar-refractivity contribution >= 4 is 49.6 Å². The summed E-state index contributed by atoms with van der Waals surface area (Å²) >= 11 is 0. The van der Waals surface area contributed by atoms with Crippen molar-refractivity contribution in [1.82, 2.24) is 4.57 Å². The van der Waals surface area contributed by atoms with Gasteiger partial charge in [-0.2, -0.15) is 0 Å². The van der Waals surface area contributed by atoms with Crippen LogP contribution in [-0.2, 0) is 10.8 Å². The van der Waals surface area contributed by atoms with E-state index < -0.39 is 10.8 Å². The number of hydrogen-bond donors (Lipinski definition) is 0. The van der Waals surface area contributed by atoms with Crippen LogP contribution in [0.15, 0.2) is 279 Å². The Morgan fingerprint density at radius 3 is 1.57 bits per heavy atom. The zero-order valence-electron chi connectivity index (χ0n) is 40.5. The van der Waals surface area contributed by atoms with E-state index in [1.807, 2.05) is 0 Å². The summed E-state index contributed by atoms with van der Waals surface area (Å²) in [6, 6.07) is 104. The van der Waals surface area contributed by atoms with Gasteiger partial charge in [-0.3, -0.25) is 0 Å². The Morgan fingerprint density at radius 1 is 0.297 bits per heavy atom. The van der Waals surface area contributed by atoms with Gasteiger partial charge in [0.1, 0.15) is 0 Å². The Bertz CT molecular complexity index is 4390. The smallest absolute Gasteiger partial charge is 0.0754 e. The summed E-state index contributed by atoms with van der Waals surface area (Å²) < 4.78 is 2.52. The van der Waals surface area contributed by atoms with Crippen molar-refractivity contribution in [2.45, 2.75) is 10.8 Å². The van der Waals surface area contributed by atoms with Crippen LogP contribution in [0.5, 0.6) is 0 Å². The summed E-state index contributed by atoms with van der Waals surface area (Å²) in [5, 5.41) is 4.98. The monoisotopic (exact) mass is 938 g/mol. The maximum absolute atomic E-state index is 2.52. The first kappa shape index (κ1) is 41.2. The van der Waals surface area contributed by atoms with Crippen LogP contribution in [-0.4, -0.2) is 4.57 Å². The third-order valence-corrected chi connectivity index (χ3v) is 16.9. The maximum Gasteiger partial charge on any atom is 0.0754 e. The first-order valence-electron chi connectivity index (χ1n) is 25.8. The number of nitrogens with zero attached hydrogens (tertiary/aromatic N) is 2. The summed E-state index contributed by atoms with van der Waals surface area (Å²) in [6.45, 7) is 0. The molecule has 1 atom stereocenters. The van der Waals surface area contributed by atoms with Crippen molar-refractivity contribution in [1.29, 1.82) is 0 Å². The van der Waals surface area contributed by atoms with Crippen molar-refractivity contribution in [3.05, 3.63) is 324 Å². The molecule has 0 saturated carbocycles. The first-order valence-corrected chi connectivity index (χ1v) is 25.8. The molecular weight excluding hydrogens is 893 g/mol. The van der Waals surface area contributed by atoms with Gasteiger partial charge in [0.05, 0.1) is 38.9 Å². The number of rotatable bonds is 6. The van der Waals surface area contributed by atoms with Crippen molar-refractivity contribution in [2.24, 2.45) is 0 Å². The lowest BCUT2D eigenvalue weighted by Gasteiger charge is -2.39. The van der Waals surface area contributed by atoms with Crippen molar-refractivity contribution in [2.75, 3.05) is 4.90 Å². The third-order valence-electron chi connectivity index (χ3n) is 16.9. The van der Waals surface area contributed by atoms with Crippen LogP contribution in [0.1, 0.15) is 44.5 Å². The normalized spacial score (nSPS) is 15.2. The predicted octanol–water partition coefficient (Wildman–Crippen LogP) is 18.1. The minimum atomic E-state index is -0.527.